The van der Waals surface area contributed by atoms with Gasteiger partial charge in [-0.25, -0.2) is 15.0 Å². The maximum atomic E-state index is 11.8. The average Bonchev–Trinajstić information content (AvgIpc) is 2.69. The van der Waals surface area contributed by atoms with Crippen molar-refractivity contribution in [1.82, 2.24) is 5.43 Å². The Labute approximate surface area is 160 Å². The Morgan fingerprint density at radius 3 is 2.14 bits per heavy atom. The summed E-state index contributed by atoms with van der Waals surface area (Å²) in [6.07, 6.45) is 1.27. The van der Waals surface area contributed by atoms with Crippen molar-refractivity contribution in [2.45, 2.75) is 6.92 Å². The zero-order chi connectivity index (χ0) is 20.5. The largest absolute Gasteiger partial charge is 0.478 e. The van der Waals surface area contributed by atoms with E-state index in [1.54, 1.807) is 6.92 Å². The van der Waals surface area contributed by atoms with E-state index in [0.717, 1.165) is 0 Å². The first-order valence-corrected chi connectivity index (χ1v) is 8.15. The lowest BCUT2D eigenvalue weighted by atomic mass is 10.1. The number of hydrogen-bond donors (Lipinski definition) is 3. The molecule has 0 unspecified atom stereocenters. The van der Waals surface area contributed by atoms with Crippen LogP contribution in [0.15, 0.2) is 53.6 Å². The number of amides is 2. The van der Waals surface area contributed by atoms with Crippen LogP contribution in [0, 0.1) is 0 Å². The molecule has 0 aromatic heterocycles. The van der Waals surface area contributed by atoms with Gasteiger partial charge in [-0.05, 0) is 48.9 Å². The predicted molar refractivity (Wildman–Crippen MR) is 100 cm³/mol. The van der Waals surface area contributed by atoms with E-state index in [1.807, 2.05) is 0 Å². The minimum Gasteiger partial charge on any atom is -0.478 e. The number of nitrogens with zero attached hydrogens (tertiary/aromatic N) is 1. The molecule has 0 fully saturated rings. The second-order valence-electron chi connectivity index (χ2n) is 5.38. The van der Waals surface area contributed by atoms with Gasteiger partial charge in [0.2, 0.25) is 0 Å². The molecular weight excluding hydrogens is 366 g/mol. The minimum absolute atomic E-state index is 0.120. The number of carboxylic acid groups (broad SMARTS) is 1. The van der Waals surface area contributed by atoms with Crippen LogP contribution < -0.4 is 10.7 Å². The maximum absolute atomic E-state index is 11.8. The summed E-state index contributed by atoms with van der Waals surface area (Å²) in [7, 11) is 0. The molecule has 2 aromatic carbocycles. The van der Waals surface area contributed by atoms with E-state index in [2.05, 4.69) is 15.8 Å². The number of aromatic carboxylic acids is 1. The second kappa shape index (κ2) is 9.62. The molecule has 9 nitrogen and oxygen atoms in total. The van der Waals surface area contributed by atoms with Crippen molar-refractivity contribution < 1.29 is 29.0 Å². The molecule has 3 N–H and O–H groups in total. The Kier molecular flexibility index (Phi) is 6.98. The number of hydrazone groups is 1. The highest BCUT2D eigenvalue weighted by Crippen LogP contribution is 2.10. The number of rotatable bonds is 6. The van der Waals surface area contributed by atoms with Crippen LogP contribution in [0.3, 0.4) is 0 Å². The standard InChI is InChI=1S/C19H17N3O6/c1-2-28-19(27)14-7-9-15(10-8-14)21-16(23)17(24)22-20-11-12-3-5-13(6-4-12)18(25)26/h3-11H,2H2,1H3,(H,21,23)(H,22,24)(H,25,26)/b20-11+. The monoisotopic (exact) mass is 383 g/mol. The van der Waals surface area contributed by atoms with Crippen molar-refractivity contribution in [1.29, 1.82) is 0 Å². The van der Waals surface area contributed by atoms with Crippen LogP contribution in [-0.2, 0) is 14.3 Å². The lowest BCUT2D eigenvalue weighted by Crippen LogP contribution is -2.32. The quantitative estimate of drug-likeness (QED) is 0.300. The number of ether oxygens (including phenoxy) is 1. The second-order valence-corrected chi connectivity index (χ2v) is 5.38. The number of nitrogens with one attached hydrogen (secondary N) is 2. The van der Waals surface area contributed by atoms with Crippen molar-refractivity contribution in [3.63, 3.8) is 0 Å². The summed E-state index contributed by atoms with van der Waals surface area (Å²) >= 11 is 0. The third kappa shape index (κ3) is 5.77. The van der Waals surface area contributed by atoms with E-state index in [-0.39, 0.29) is 12.2 Å². The molecule has 0 spiro atoms. The van der Waals surface area contributed by atoms with Crippen molar-refractivity contribution in [2.75, 3.05) is 11.9 Å². The molecule has 2 rings (SSSR count). The Balaban J connectivity index is 1.87. The predicted octanol–water partition coefficient (Wildman–Crippen LogP) is 1.65. The summed E-state index contributed by atoms with van der Waals surface area (Å²) in [6, 6.07) is 11.6. The summed E-state index contributed by atoms with van der Waals surface area (Å²) in [5.41, 5.74) is 3.37. The highest BCUT2D eigenvalue weighted by molar-refractivity contribution is 6.39. The van der Waals surface area contributed by atoms with Gasteiger partial charge in [-0.15, -0.1) is 0 Å². The Morgan fingerprint density at radius 2 is 1.57 bits per heavy atom. The number of esters is 1. The van der Waals surface area contributed by atoms with E-state index in [0.29, 0.717) is 16.8 Å². The molecular formula is C19H17N3O6. The van der Waals surface area contributed by atoms with E-state index < -0.39 is 23.8 Å². The van der Waals surface area contributed by atoms with Crippen molar-refractivity contribution in [3.05, 3.63) is 65.2 Å². The number of hydrogen-bond acceptors (Lipinski definition) is 6. The molecule has 0 radical (unpaired) electrons. The van der Waals surface area contributed by atoms with Gasteiger partial charge in [-0.2, -0.15) is 5.10 Å². The zero-order valence-corrected chi connectivity index (χ0v) is 14.8. The van der Waals surface area contributed by atoms with Crippen LogP contribution in [0.4, 0.5) is 5.69 Å². The third-order valence-electron chi connectivity index (χ3n) is 3.40. The summed E-state index contributed by atoms with van der Waals surface area (Å²) in [5.74, 6) is -3.47. The average molecular weight is 383 g/mol. The van der Waals surface area contributed by atoms with E-state index in [4.69, 9.17) is 9.84 Å². The van der Waals surface area contributed by atoms with Crippen LogP contribution in [0.5, 0.6) is 0 Å². The fourth-order valence-electron chi connectivity index (χ4n) is 2.02. The number of carbonyl (C=O) groups is 4. The van der Waals surface area contributed by atoms with Crippen molar-refractivity contribution in [2.24, 2.45) is 5.10 Å². The zero-order valence-electron chi connectivity index (χ0n) is 14.8. The topological polar surface area (TPSA) is 134 Å². The van der Waals surface area contributed by atoms with E-state index in [9.17, 15) is 19.2 Å². The number of carboxylic acids is 1. The Morgan fingerprint density at radius 1 is 0.964 bits per heavy atom. The third-order valence-corrected chi connectivity index (χ3v) is 3.40. The molecule has 2 aromatic rings. The maximum Gasteiger partial charge on any atom is 0.338 e. The molecule has 0 aliphatic rings. The van der Waals surface area contributed by atoms with Crippen LogP contribution in [0.2, 0.25) is 0 Å². The van der Waals surface area contributed by atoms with Gasteiger partial charge in [0.05, 0.1) is 23.9 Å². The van der Waals surface area contributed by atoms with Crippen molar-refractivity contribution >= 4 is 35.7 Å². The normalized spacial score (nSPS) is 10.3. The molecule has 0 atom stereocenters. The number of benzene rings is 2. The summed E-state index contributed by atoms with van der Waals surface area (Å²) in [4.78, 5) is 45.9. The summed E-state index contributed by atoms with van der Waals surface area (Å²) in [6.45, 7) is 1.94. The van der Waals surface area contributed by atoms with Gasteiger partial charge < -0.3 is 15.2 Å². The first-order chi connectivity index (χ1) is 13.4. The highest BCUT2D eigenvalue weighted by atomic mass is 16.5. The van der Waals surface area contributed by atoms with Crippen molar-refractivity contribution in [3.8, 4) is 0 Å². The van der Waals surface area contributed by atoms with E-state index >= 15 is 0 Å². The molecule has 144 valence electrons. The van der Waals surface area contributed by atoms with Gasteiger partial charge >= 0.3 is 23.8 Å². The molecule has 0 aliphatic carbocycles. The fraction of sp³-hybridized carbons (Fsp3) is 0.105. The summed E-state index contributed by atoms with van der Waals surface area (Å²) in [5, 5.41) is 14.8. The smallest absolute Gasteiger partial charge is 0.338 e. The molecule has 0 saturated carbocycles. The molecule has 2 amide bonds. The van der Waals surface area contributed by atoms with Gasteiger partial charge in [0.1, 0.15) is 0 Å². The molecule has 0 saturated heterocycles. The van der Waals surface area contributed by atoms with Gasteiger partial charge in [0.15, 0.2) is 0 Å². The Bertz CT molecular complexity index is 904. The molecule has 0 aliphatic heterocycles. The van der Waals surface area contributed by atoms with Gasteiger partial charge in [-0.3, -0.25) is 9.59 Å². The Hall–Kier alpha value is -4.01. The number of carbonyl (C=O) groups excluding carboxylic acids is 3. The van der Waals surface area contributed by atoms with Gasteiger partial charge in [0, 0.05) is 5.69 Å². The SMILES string of the molecule is CCOC(=O)c1ccc(NC(=O)C(=O)N/N=C/c2ccc(C(=O)O)cc2)cc1. The van der Waals surface area contributed by atoms with E-state index in [1.165, 1.54) is 54.7 Å². The fourth-order valence-corrected chi connectivity index (χ4v) is 2.02. The van der Waals surface area contributed by atoms with Gasteiger partial charge in [0.25, 0.3) is 0 Å². The first-order valence-electron chi connectivity index (χ1n) is 8.15. The molecule has 0 heterocycles. The lowest BCUT2D eigenvalue weighted by Gasteiger charge is -2.05. The molecule has 0 bridgehead atoms. The lowest BCUT2D eigenvalue weighted by molar-refractivity contribution is -0.136. The highest BCUT2D eigenvalue weighted by Gasteiger charge is 2.13. The van der Waals surface area contributed by atoms with Crippen LogP contribution in [-0.4, -0.2) is 41.7 Å². The summed E-state index contributed by atoms with van der Waals surface area (Å²) < 4.78 is 4.85. The molecule has 28 heavy (non-hydrogen) atoms. The first kappa shape index (κ1) is 20.3. The number of anilines is 1. The van der Waals surface area contributed by atoms with Gasteiger partial charge in [-0.1, -0.05) is 12.1 Å². The van der Waals surface area contributed by atoms with Crippen LogP contribution in [0.25, 0.3) is 0 Å². The van der Waals surface area contributed by atoms with Crippen LogP contribution in [0.1, 0.15) is 33.2 Å². The molecule has 9 heteroatoms. The van der Waals surface area contributed by atoms with Crippen LogP contribution >= 0.6 is 0 Å². The minimum atomic E-state index is -1.05.